The summed E-state index contributed by atoms with van der Waals surface area (Å²) in [4.78, 5) is 23.0. The van der Waals surface area contributed by atoms with Crippen LogP contribution in [0.2, 0.25) is 0 Å². The van der Waals surface area contributed by atoms with E-state index < -0.39 is 20.0 Å². The number of aliphatic hydroxyl groups is 1. The summed E-state index contributed by atoms with van der Waals surface area (Å²) in [5.74, 6) is -0.186. The molecule has 0 aromatic carbocycles. The summed E-state index contributed by atoms with van der Waals surface area (Å²) in [7, 11) is 1.56. The third-order valence-corrected chi connectivity index (χ3v) is 10.7. The Hall–Kier alpha value is -1.02. The van der Waals surface area contributed by atoms with E-state index >= 15 is 0 Å². The summed E-state index contributed by atoms with van der Waals surface area (Å²) in [6.07, 6.45) is 41.1. The van der Waals surface area contributed by atoms with Gasteiger partial charge in [-0.25, -0.2) is 4.57 Å². The maximum Gasteiger partial charge on any atom is 0.472 e. The summed E-state index contributed by atoms with van der Waals surface area (Å²) >= 11 is 0. The lowest BCUT2D eigenvalue weighted by Crippen LogP contribution is -2.45. The zero-order chi connectivity index (χ0) is 38.6. The molecule has 0 aliphatic rings. The maximum absolute atomic E-state index is 12.8. The Morgan fingerprint density at radius 2 is 1.06 bits per heavy atom. The van der Waals surface area contributed by atoms with E-state index in [9.17, 15) is 19.4 Å². The molecule has 52 heavy (non-hydrogen) atoms. The topological polar surface area (TPSA) is 105 Å². The van der Waals surface area contributed by atoms with Crippen molar-refractivity contribution in [1.29, 1.82) is 0 Å². The number of likely N-dealkylation sites (N-methyl/N-ethyl adjacent to an activating group) is 1. The predicted octanol–water partition coefficient (Wildman–Crippen LogP) is 11.7. The van der Waals surface area contributed by atoms with Crippen LogP contribution in [0.4, 0.5) is 0 Å². The van der Waals surface area contributed by atoms with E-state index in [0.717, 1.165) is 38.5 Å². The third-order valence-electron chi connectivity index (χ3n) is 9.67. The van der Waals surface area contributed by atoms with E-state index in [1.54, 1.807) is 6.08 Å². The van der Waals surface area contributed by atoms with Gasteiger partial charge in [-0.15, -0.1) is 0 Å². The molecule has 1 amide bonds. The number of allylic oxidation sites excluding steroid dienone is 3. The molecule has 9 heteroatoms. The standard InChI is InChI=1S/C43H85N2O6P/c1-6-8-10-12-14-16-18-19-20-21-22-23-24-25-27-29-31-33-35-37-43(47)44-41(40-51-52(48,49)50-39-38-45(3,4)5)42(46)36-34-32-30-28-26-17-15-13-11-9-7-2/h26,28,34,36,41-42,46H,6-25,27,29-33,35,37-40H2,1-5H3,(H-,44,47,48,49)/p+1/b28-26+,36-34+. The van der Waals surface area contributed by atoms with E-state index in [1.165, 1.54) is 135 Å². The number of carbonyl (C=O) groups excluding carboxylic acids is 1. The first-order valence-corrected chi connectivity index (χ1v) is 23.2. The number of nitrogens with one attached hydrogen (secondary N) is 1. The van der Waals surface area contributed by atoms with Crippen LogP contribution in [0.3, 0.4) is 0 Å². The lowest BCUT2D eigenvalue weighted by molar-refractivity contribution is -0.870. The number of amides is 1. The Bertz CT molecular complexity index is 907. The van der Waals surface area contributed by atoms with E-state index in [0.29, 0.717) is 17.4 Å². The summed E-state index contributed by atoms with van der Waals surface area (Å²) in [5.41, 5.74) is 0. The number of phosphoric acid groups is 1. The third kappa shape index (κ3) is 37.3. The molecule has 0 spiro atoms. The second-order valence-electron chi connectivity index (χ2n) is 16.1. The molecule has 0 aromatic heterocycles. The second-order valence-corrected chi connectivity index (χ2v) is 17.5. The number of phosphoric ester groups is 1. The molecule has 0 fully saturated rings. The molecule has 0 aromatic rings. The van der Waals surface area contributed by atoms with Crippen LogP contribution in [0.25, 0.3) is 0 Å². The van der Waals surface area contributed by atoms with Crippen molar-refractivity contribution in [2.24, 2.45) is 0 Å². The Morgan fingerprint density at radius 1 is 0.635 bits per heavy atom. The van der Waals surface area contributed by atoms with Crippen molar-refractivity contribution in [1.82, 2.24) is 5.32 Å². The van der Waals surface area contributed by atoms with Crippen molar-refractivity contribution < 1.29 is 32.9 Å². The minimum Gasteiger partial charge on any atom is -0.387 e. The van der Waals surface area contributed by atoms with E-state index in [1.807, 2.05) is 27.2 Å². The second kappa shape index (κ2) is 35.7. The smallest absolute Gasteiger partial charge is 0.387 e. The van der Waals surface area contributed by atoms with Gasteiger partial charge in [-0.2, -0.15) is 0 Å². The number of rotatable bonds is 39. The van der Waals surface area contributed by atoms with Crippen molar-refractivity contribution in [3.63, 3.8) is 0 Å². The SMILES string of the molecule is CCCCCCC/C=C/CC/C=C/C(O)C(COP(=O)(O)OCC[N+](C)(C)C)NC(=O)CCCCCCCCCCCCCCCCCCCCC. The van der Waals surface area contributed by atoms with Crippen molar-refractivity contribution in [3.8, 4) is 0 Å². The Kier molecular flexibility index (Phi) is 35.0. The van der Waals surface area contributed by atoms with Gasteiger partial charge in [-0.05, 0) is 32.1 Å². The molecule has 0 heterocycles. The lowest BCUT2D eigenvalue weighted by atomic mass is 10.0. The monoisotopic (exact) mass is 758 g/mol. The molecule has 308 valence electrons. The molecule has 0 radical (unpaired) electrons. The molecule has 0 bridgehead atoms. The van der Waals surface area contributed by atoms with Gasteiger partial charge in [0.1, 0.15) is 13.2 Å². The van der Waals surface area contributed by atoms with Crippen LogP contribution in [0, 0.1) is 0 Å². The van der Waals surface area contributed by atoms with Crippen LogP contribution in [0.5, 0.6) is 0 Å². The van der Waals surface area contributed by atoms with Crippen molar-refractivity contribution in [2.45, 2.75) is 206 Å². The number of aliphatic hydroxyl groups excluding tert-OH is 1. The van der Waals surface area contributed by atoms with E-state index in [4.69, 9.17) is 9.05 Å². The molecule has 8 nitrogen and oxygen atoms in total. The first-order valence-electron chi connectivity index (χ1n) is 21.7. The van der Waals surface area contributed by atoms with Crippen molar-refractivity contribution >= 4 is 13.7 Å². The molecule has 0 rings (SSSR count). The number of hydrogen-bond donors (Lipinski definition) is 3. The average Bonchev–Trinajstić information content (AvgIpc) is 3.09. The number of quaternary nitrogens is 1. The fraction of sp³-hybridized carbons (Fsp3) is 0.884. The normalized spacial score (nSPS) is 14.7. The van der Waals surface area contributed by atoms with Gasteiger partial charge in [-0.3, -0.25) is 13.8 Å². The van der Waals surface area contributed by atoms with Gasteiger partial charge >= 0.3 is 7.82 Å². The van der Waals surface area contributed by atoms with Gasteiger partial charge < -0.3 is 19.8 Å². The van der Waals surface area contributed by atoms with Gasteiger partial charge in [0.05, 0.1) is 39.9 Å². The molecule has 3 unspecified atom stereocenters. The zero-order valence-corrected chi connectivity index (χ0v) is 35.7. The van der Waals surface area contributed by atoms with E-state index in [-0.39, 0.29) is 19.1 Å². The number of hydrogen-bond acceptors (Lipinski definition) is 5. The minimum absolute atomic E-state index is 0.0580. The molecule has 3 N–H and O–H groups in total. The largest absolute Gasteiger partial charge is 0.472 e. The van der Waals surface area contributed by atoms with Gasteiger partial charge in [0, 0.05) is 6.42 Å². The Morgan fingerprint density at radius 3 is 1.54 bits per heavy atom. The van der Waals surface area contributed by atoms with Gasteiger partial charge in [-0.1, -0.05) is 179 Å². The van der Waals surface area contributed by atoms with Crippen LogP contribution < -0.4 is 5.32 Å². The summed E-state index contributed by atoms with van der Waals surface area (Å²) in [6, 6.07) is -0.856. The molecular weight excluding hydrogens is 671 g/mol. The van der Waals surface area contributed by atoms with Gasteiger partial charge in [0.25, 0.3) is 0 Å². The Labute approximate surface area is 322 Å². The number of unbranched alkanes of at least 4 members (excludes halogenated alkanes) is 24. The van der Waals surface area contributed by atoms with Crippen LogP contribution in [-0.4, -0.2) is 73.4 Å². The van der Waals surface area contributed by atoms with Gasteiger partial charge in [0.2, 0.25) is 5.91 Å². The summed E-state index contributed by atoms with van der Waals surface area (Å²) < 4.78 is 23.5. The lowest BCUT2D eigenvalue weighted by Gasteiger charge is -2.25. The van der Waals surface area contributed by atoms with Gasteiger partial charge in [0.15, 0.2) is 0 Å². The zero-order valence-electron chi connectivity index (χ0n) is 34.8. The molecule has 0 aliphatic carbocycles. The first-order chi connectivity index (χ1) is 25.0. The maximum atomic E-state index is 12.8. The summed E-state index contributed by atoms with van der Waals surface area (Å²) in [6.45, 7) is 4.77. The first kappa shape index (κ1) is 51.0. The molecule has 0 aliphatic heterocycles. The average molecular weight is 758 g/mol. The van der Waals surface area contributed by atoms with Crippen molar-refractivity contribution in [3.05, 3.63) is 24.3 Å². The number of carbonyl (C=O) groups is 1. The minimum atomic E-state index is -4.34. The highest BCUT2D eigenvalue weighted by molar-refractivity contribution is 7.47. The fourth-order valence-electron chi connectivity index (χ4n) is 6.17. The molecule has 3 atom stereocenters. The molecular formula is C43H86N2O6P+. The van der Waals surface area contributed by atoms with Crippen LogP contribution >= 0.6 is 7.82 Å². The summed E-state index contributed by atoms with van der Waals surface area (Å²) in [5, 5.41) is 13.7. The van der Waals surface area contributed by atoms with Crippen LogP contribution in [0.15, 0.2) is 24.3 Å². The Balaban J connectivity index is 4.36. The quantitative estimate of drug-likeness (QED) is 0.0250. The fourth-order valence-corrected chi connectivity index (χ4v) is 6.91. The highest BCUT2D eigenvalue weighted by Gasteiger charge is 2.27. The highest BCUT2D eigenvalue weighted by atomic mass is 31.2. The number of nitrogens with zero attached hydrogens (tertiary/aromatic N) is 1. The van der Waals surface area contributed by atoms with Crippen LogP contribution in [0.1, 0.15) is 194 Å². The highest BCUT2D eigenvalue weighted by Crippen LogP contribution is 2.43. The van der Waals surface area contributed by atoms with Crippen LogP contribution in [-0.2, 0) is 18.4 Å². The predicted molar refractivity (Wildman–Crippen MR) is 221 cm³/mol. The molecule has 0 saturated heterocycles. The van der Waals surface area contributed by atoms with Crippen molar-refractivity contribution in [2.75, 3.05) is 40.9 Å². The van der Waals surface area contributed by atoms with E-state index in [2.05, 4.69) is 31.3 Å². The molecule has 0 saturated carbocycles.